The Morgan fingerprint density at radius 3 is 2.57 bits per heavy atom. The Balaban J connectivity index is 0.00000256. The van der Waals surface area contributed by atoms with Gasteiger partial charge in [-0.1, -0.05) is 50.2 Å². The van der Waals surface area contributed by atoms with E-state index in [1.165, 1.54) is 4.90 Å². The van der Waals surface area contributed by atoms with E-state index >= 15 is 0 Å². The molecule has 9 heteroatoms. The van der Waals surface area contributed by atoms with Gasteiger partial charge in [0.2, 0.25) is 11.7 Å². The molecule has 1 spiro atoms. The second-order valence-electron chi connectivity index (χ2n) is 9.17. The van der Waals surface area contributed by atoms with Gasteiger partial charge < -0.3 is 15.6 Å². The van der Waals surface area contributed by atoms with Crippen molar-refractivity contribution in [3.05, 3.63) is 35.7 Å². The lowest BCUT2D eigenvalue weighted by Crippen LogP contribution is -2.54. The van der Waals surface area contributed by atoms with Crippen molar-refractivity contribution in [2.24, 2.45) is 17.1 Å². The first-order chi connectivity index (χ1) is 13.7. The zero-order valence-electron chi connectivity index (χ0n) is 17.5. The summed E-state index contributed by atoms with van der Waals surface area (Å²) in [5, 5.41) is 6.95. The first-order valence-corrected chi connectivity index (χ1v) is 9.97. The van der Waals surface area contributed by atoms with E-state index in [0.717, 1.165) is 17.5 Å². The van der Waals surface area contributed by atoms with Gasteiger partial charge in [0.05, 0.1) is 0 Å². The molecule has 2 unspecified atom stereocenters. The number of hydrogen-bond acceptors (Lipinski definition) is 6. The van der Waals surface area contributed by atoms with E-state index in [2.05, 4.69) is 36.2 Å². The van der Waals surface area contributed by atoms with E-state index in [1.54, 1.807) is 0 Å². The molecule has 0 bridgehead atoms. The quantitative estimate of drug-likeness (QED) is 0.715. The molecule has 2 heterocycles. The number of carbonyl (C=O) groups is 2. The number of nitrogens with zero attached hydrogens (tertiary/aromatic N) is 3. The van der Waals surface area contributed by atoms with Crippen LogP contribution in [0.1, 0.15) is 51.5 Å². The summed E-state index contributed by atoms with van der Waals surface area (Å²) in [5.74, 6) is 0.799. The Hall–Kier alpha value is -2.45. The molecule has 8 nitrogen and oxygen atoms in total. The fourth-order valence-corrected chi connectivity index (χ4v) is 5.01. The minimum absolute atomic E-state index is 0. The number of urea groups is 1. The van der Waals surface area contributed by atoms with Crippen molar-refractivity contribution in [2.45, 2.75) is 58.7 Å². The predicted molar refractivity (Wildman–Crippen MR) is 113 cm³/mol. The van der Waals surface area contributed by atoms with Gasteiger partial charge in [-0.05, 0) is 36.2 Å². The summed E-state index contributed by atoms with van der Waals surface area (Å²) >= 11 is 0. The van der Waals surface area contributed by atoms with Crippen molar-refractivity contribution in [1.29, 1.82) is 0 Å². The highest BCUT2D eigenvalue weighted by Crippen LogP contribution is 2.46. The Labute approximate surface area is 182 Å². The highest BCUT2D eigenvalue weighted by molar-refractivity contribution is 6.07. The number of amides is 3. The van der Waals surface area contributed by atoms with E-state index in [-0.39, 0.29) is 36.2 Å². The number of hydrogen-bond donors (Lipinski definition) is 2. The van der Waals surface area contributed by atoms with Crippen molar-refractivity contribution in [3.63, 3.8) is 0 Å². The van der Waals surface area contributed by atoms with Gasteiger partial charge in [0.15, 0.2) is 0 Å². The van der Waals surface area contributed by atoms with Gasteiger partial charge in [-0.3, -0.25) is 9.69 Å². The van der Waals surface area contributed by atoms with Crippen LogP contribution in [0, 0.1) is 11.3 Å². The van der Waals surface area contributed by atoms with Crippen LogP contribution in [0.3, 0.4) is 0 Å². The summed E-state index contributed by atoms with van der Waals surface area (Å²) in [6.45, 7) is 6.85. The van der Waals surface area contributed by atoms with Crippen LogP contribution >= 0.6 is 12.4 Å². The van der Waals surface area contributed by atoms with Gasteiger partial charge in [0, 0.05) is 12.1 Å². The molecule has 162 valence electrons. The Bertz CT molecular complexity index is 942. The van der Waals surface area contributed by atoms with E-state index in [1.807, 2.05) is 24.3 Å². The summed E-state index contributed by atoms with van der Waals surface area (Å²) in [6, 6.07) is 7.14. The molecule has 30 heavy (non-hydrogen) atoms. The van der Waals surface area contributed by atoms with Gasteiger partial charge in [-0.25, -0.2) is 4.79 Å². The molecule has 1 saturated carbocycles. The predicted octanol–water partition coefficient (Wildman–Crippen LogP) is 3.25. The van der Waals surface area contributed by atoms with Crippen molar-refractivity contribution < 1.29 is 14.1 Å². The first-order valence-electron chi connectivity index (χ1n) is 9.97. The monoisotopic (exact) mass is 433 g/mol. The van der Waals surface area contributed by atoms with E-state index < -0.39 is 11.6 Å². The van der Waals surface area contributed by atoms with Gasteiger partial charge in [0.25, 0.3) is 5.91 Å². The van der Waals surface area contributed by atoms with Gasteiger partial charge in [-0.15, -0.1) is 12.4 Å². The van der Waals surface area contributed by atoms with Gasteiger partial charge >= 0.3 is 6.03 Å². The third kappa shape index (κ3) is 4.06. The highest BCUT2D eigenvalue weighted by Gasteiger charge is 2.56. The molecule has 2 aromatic rings. The maximum atomic E-state index is 13.2. The molecule has 1 aliphatic heterocycles. The van der Waals surface area contributed by atoms with Crippen LogP contribution in [0.25, 0.3) is 11.4 Å². The number of imide groups is 1. The fourth-order valence-electron chi connectivity index (χ4n) is 5.01. The van der Waals surface area contributed by atoms with Gasteiger partial charge in [-0.2, -0.15) is 4.98 Å². The summed E-state index contributed by atoms with van der Waals surface area (Å²) in [7, 11) is 0. The third-order valence-corrected chi connectivity index (χ3v) is 5.83. The average molecular weight is 434 g/mol. The van der Waals surface area contributed by atoms with Crippen molar-refractivity contribution in [1.82, 2.24) is 20.4 Å². The molecule has 2 aliphatic rings. The van der Waals surface area contributed by atoms with Crippen molar-refractivity contribution >= 4 is 24.3 Å². The summed E-state index contributed by atoms with van der Waals surface area (Å²) in [6.07, 6.45) is 2.32. The molecular weight excluding hydrogens is 406 g/mol. The van der Waals surface area contributed by atoms with Gasteiger partial charge in [0.1, 0.15) is 12.1 Å². The van der Waals surface area contributed by atoms with Crippen LogP contribution in [-0.4, -0.2) is 32.5 Å². The summed E-state index contributed by atoms with van der Waals surface area (Å²) in [4.78, 5) is 31.4. The Morgan fingerprint density at radius 2 is 1.93 bits per heavy atom. The number of carbonyl (C=O) groups excluding carboxylic acids is 2. The number of halogens is 1. The van der Waals surface area contributed by atoms with E-state index in [9.17, 15) is 9.59 Å². The number of aromatic nitrogens is 2. The SMILES string of the molecule is CC1CC(C)(C)CC2(C1)NC(=O)N(Cc1nc(-c3ccc(CN)cc3)no1)C2=O.Cl. The molecule has 4 rings (SSSR count). The Morgan fingerprint density at radius 1 is 1.23 bits per heavy atom. The number of rotatable bonds is 4. The standard InChI is InChI=1S/C21H27N5O3.ClH/c1-13-8-20(2,3)12-21(9-13)18(27)26(19(28)24-21)11-16-23-17(25-29-16)15-6-4-14(10-22)5-7-15;/h4-7,13H,8-12,22H2,1-3H3,(H,24,28);1H. The maximum Gasteiger partial charge on any atom is 0.325 e. The smallest absolute Gasteiger partial charge is 0.325 e. The largest absolute Gasteiger partial charge is 0.337 e. The van der Waals surface area contributed by atoms with Crippen LogP contribution in [0.5, 0.6) is 0 Å². The summed E-state index contributed by atoms with van der Waals surface area (Å²) < 4.78 is 5.31. The van der Waals surface area contributed by atoms with Crippen LogP contribution < -0.4 is 11.1 Å². The van der Waals surface area contributed by atoms with Crippen molar-refractivity contribution in [2.75, 3.05) is 0 Å². The molecular formula is C21H28ClN5O3. The zero-order valence-corrected chi connectivity index (χ0v) is 18.3. The lowest BCUT2D eigenvalue weighted by atomic mass is 9.64. The van der Waals surface area contributed by atoms with E-state index in [4.69, 9.17) is 10.3 Å². The molecule has 3 N–H and O–H groups in total. The second-order valence-corrected chi connectivity index (χ2v) is 9.17. The molecule has 1 aromatic carbocycles. The van der Waals surface area contributed by atoms with Crippen LogP contribution in [0.4, 0.5) is 4.79 Å². The zero-order chi connectivity index (χ0) is 20.8. The minimum atomic E-state index is -0.834. The molecule has 2 fully saturated rings. The third-order valence-electron chi connectivity index (χ3n) is 5.83. The lowest BCUT2D eigenvalue weighted by molar-refractivity contribution is -0.135. The molecule has 0 radical (unpaired) electrons. The topological polar surface area (TPSA) is 114 Å². The van der Waals surface area contributed by atoms with Crippen LogP contribution in [-0.2, 0) is 17.9 Å². The molecule has 1 aromatic heterocycles. The van der Waals surface area contributed by atoms with Crippen LogP contribution in [0.15, 0.2) is 28.8 Å². The number of nitrogens with two attached hydrogens (primary N) is 1. The molecule has 2 atom stereocenters. The summed E-state index contributed by atoms with van der Waals surface area (Å²) in [5.41, 5.74) is 6.57. The Kier molecular flexibility index (Phi) is 5.93. The molecule has 3 amide bonds. The normalized spacial score (nSPS) is 25.3. The maximum absolute atomic E-state index is 13.2. The van der Waals surface area contributed by atoms with Crippen molar-refractivity contribution in [3.8, 4) is 11.4 Å². The minimum Gasteiger partial charge on any atom is -0.337 e. The molecule has 1 saturated heterocycles. The lowest BCUT2D eigenvalue weighted by Gasteiger charge is -2.43. The molecule has 1 aliphatic carbocycles. The first kappa shape index (κ1) is 22.2. The number of benzene rings is 1. The number of nitrogens with one attached hydrogen (secondary N) is 1. The highest BCUT2D eigenvalue weighted by atomic mass is 35.5. The second kappa shape index (κ2) is 8.00. The fraction of sp³-hybridized carbons (Fsp3) is 0.524. The van der Waals surface area contributed by atoms with Crippen LogP contribution in [0.2, 0.25) is 0 Å². The van der Waals surface area contributed by atoms with E-state index in [0.29, 0.717) is 31.1 Å². The average Bonchev–Trinajstić information content (AvgIpc) is 3.19.